The third-order valence-electron chi connectivity index (χ3n) is 5.60. The van der Waals surface area contributed by atoms with E-state index < -0.39 is 18.6 Å². The van der Waals surface area contributed by atoms with E-state index in [1.54, 1.807) is 59.9 Å². The SMILES string of the molecule is COc1ccc(OC(=O)N(CC(=O)O)Cc2ccc(OCCc3nc(-c4ccc(C)s4)oc3C)cc2)cc1. The van der Waals surface area contributed by atoms with Crippen LogP contribution in [0, 0.1) is 13.8 Å². The number of benzene rings is 2. The van der Waals surface area contributed by atoms with Crippen molar-refractivity contribution in [3.05, 3.63) is 82.6 Å². The average molecular weight is 537 g/mol. The minimum Gasteiger partial charge on any atom is -0.497 e. The van der Waals surface area contributed by atoms with Gasteiger partial charge in [-0.05, 0) is 67.9 Å². The molecule has 0 bridgehead atoms. The lowest BCUT2D eigenvalue weighted by Gasteiger charge is -2.20. The fourth-order valence-corrected chi connectivity index (χ4v) is 4.44. The van der Waals surface area contributed by atoms with Crippen molar-refractivity contribution in [2.75, 3.05) is 20.3 Å². The Bertz CT molecular complexity index is 1380. The first kappa shape index (κ1) is 26.7. The zero-order valence-corrected chi connectivity index (χ0v) is 22.1. The molecule has 0 atom stereocenters. The monoisotopic (exact) mass is 536 g/mol. The van der Waals surface area contributed by atoms with Crippen LogP contribution >= 0.6 is 11.3 Å². The molecule has 1 N–H and O–H groups in total. The van der Waals surface area contributed by atoms with Crippen molar-refractivity contribution in [1.29, 1.82) is 0 Å². The van der Waals surface area contributed by atoms with Crippen molar-refractivity contribution < 1.29 is 33.3 Å². The number of ether oxygens (including phenoxy) is 3. The van der Waals surface area contributed by atoms with Crippen LogP contribution in [0.15, 0.2) is 65.1 Å². The molecule has 0 fully saturated rings. The Balaban J connectivity index is 1.32. The van der Waals surface area contributed by atoms with Crippen molar-refractivity contribution in [2.45, 2.75) is 26.8 Å². The van der Waals surface area contributed by atoms with Crippen molar-refractivity contribution in [1.82, 2.24) is 9.88 Å². The number of carbonyl (C=O) groups is 2. The standard InChI is InChI=1S/C28H28N2O7S/c1-18-4-13-25(38-18)27-29-24(19(2)36-27)14-15-35-22-7-5-20(6-8-22)16-30(17-26(31)32)28(33)37-23-11-9-21(34-3)10-12-23/h4-13H,14-17H2,1-3H3,(H,31,32). The molecule has 0 radical (unpaired) electrons. The maximum Gasteiger partial charge on any atom is 0.416 e. The molecule has 0 spiro atoms. The van der Waals surface area contributed by atoms with E-state index in [0.29, 0.717) is 30.4 Å². The fraction of sp³-hybridized carbons (Fsp3) is 0.250. The molecule has 0 saturated heterocycles. The molecule has 4 rings (SSSR count). The Hall–Kier alpha value is -4.31. The molecule has 10 heteroatoms. The highest BCUT2D eigenvalue weighted by molar-refractivity contribution is 7.15. The van der Waals surface area contributed by atoms with Crippen LogP contribution < -0.4 is 14.2 Å². The number of carboxylic acids is 1. The summed E-state index contributed by atoms with van der Waals surface area (Å²) in [6, 6.07) is 17.6. The molecule has 2 aromatic carbocycles. The first-order chi connectivity index (χ1) is 18.3. The highest BCUT2D eigenvalue weighted by Crippen LogP contribution is 2.28. The summed E-state index contributed by atoms with van der Waals surface area (Å²) < 4.78 is 22.1. The van der Waals surface area contributed by atoms with Crippen molar-refractivity contribution in [3.63, 3.8) is 0 Å². The van der Waals surface area contributed by atoms with E-state index in [1.165, 1.54) is 12.0 Å². The van der Waals surface area contributed by atoms with Crippen molar-refractivity contribution in [3.8, 4) is 28.0 Å². The zero-order valence-electron chi connectivity index (χ0n) is 21.3. The number of hydrogen-bond acceptors (Lipinski definition) is 8. The first-order valence-electron chi connectivity index (χ1n) is 11.9. The fourth-order valence-electron chi connectivity index (χ4n) is 3.65. The molecule has 4 aromatic rings. The second-order valence-electron chi connectivity index (χ2n) is 8.47. The third kappa shape index (κ3) is 7.13. The molecular weight excluding hydrogens is 508 g/mol. The maximum absolute atomic E-state index is 12.6. The molecule has 0 aliphatic rings. The summed E-state index contributed by atoms with van der Waals surface area (Å²) in [7, 11) is 1.53. The Morgan fingerprint density at radius 3 is 2.29 bits per heavy atom. The minimum absolute atomic E-state index is 0.0602. The van der Waals surface area contributed by atoms with Crippen LogP contribution in [-0.2, 0) is 17.8 Å². The van der Waals surface area contributed by atoms with Crippen LogP contribution in [-0.4, -0.2) is 47.3 Å². The van der Waals surface area contributed by atoms with E-state index in [-0.39, 0.29) is 12.3 Å². The molecule has 0 saturated carbocycles. The normalized spacial score (nSPS) is 10.7. The number of rotatable bonds is 11. The van der Waals surface area contributed by atoms with Gasteiger partial charge in [-0.15, -0.1) is 11.3 Å². The van der Waals surface area contributed by atoms with Crippen LogP contribution in [0.4, 0.5) is 4.79 Å². The number of aliphatic carboxylic acids is 1. The summed E-state index contributed by atoms with van der Waals surface area (Å²) in [5.74, 6) is 1.80. The van der Waals surface area contributed by atoms with Gasteiger partial charge < -0.3 is 23.7 Å². The zero-order chi connectivity index (χ0) is 27.1. The number of aryl methyl sites for hydroxylation is 2. The van der Waals surface area contributed by atoms with Crippen LogP contribution in [0.5, 0.6) is 17.2 Å². The summed E-state index contributed by atoms with van der Waals surface area (Å²) in [4.78, 5) is 31.9. The molecule has 198 valence electrons. The lowest BCUT2D eigenvalue weighted by Crippen LogP contribution is -2.37. The third-order valence-corrected chi connectivity index (χ3v) is 6.59. The summed E-state index contributed by atoms with van der Waals surface area (Å²) in [5.41, 5.74) is 1.58. The highest BCUT2D eigenvalue weighted by atomic mass is 32.1. The van der Waals surface area contributed by atoms with E-state index in [1.807, 2.05) is 26.0 Å². The van der Waals surface area contributed by atoms with Crippen LogP contribution in [0.3, 0.4) is 0 Å². The predicted octanol–water partition coefficient (Wildman–Crippen LogP) is 5.74. The summed E-state index contributed by atoms with van der Waals surface area (Å²) >= 11 is 1.64. The molecule has 38 heavy (non-hydrogen) atoms. The first-order valence-corrected chi connectivity index (χ1v) is 12.7. The van der Waals surface area contributed by atoms with Gasteiger partial charge in [-0.1, -0.05) is 12.1 Å². The summed E-state index contributed by atoms with van der Waals surface area (Å²) in [5, 5.41) is 9.27. The highest BCUT2D eigenvalue weighted by Gasteiger charge is 2.20. The predicted molar refractivity (Wildman–Crippen MR) is 142 cm³/mol. The number of aromatic nitrogens is 1. The minimum atomic E-state index is -1.14. The smallest absolute Gasteiger partial charge is 0.416 e. The maximum atomic E-state index is 12.6. The Labute approximate surface area is 224 Å². The lowest BCUT2D eigenvalue weighted by molar-refractivity contribution is -0.138. The average Bonchev–Trinajstić information content (AvgIpc) is 3.50. The topological polar surface area (TPSA) is 111 Å². The van der Waals surface area contributed by atoms with Crippen molar-refractivity contribution >= 4 is 23.4 Å². The number of carbonyl (C=O) groups excluding carboxylic acids is 1. The molecule has 1 amide bonds. The number of methoxy groups -OCH3 is 1. The number of oxazole rings is 1. The molecular formula is C28H28N2O7S. The summed E-state index contributed by atoms with van der Waals surface area (Å²) in [6.07, 6.45) is -0.177. The molecule has 0 unspecified atom stereocenters. The molecule has 2 heterocycles. The van der Waals surface area contributed by atoms with E-state index in [9.17, 15) is 14.7 Å². The lowest BCUT2D eigenvalue weighted by atomic mass is 10.2. The van der Waals surface area contributed by atoms with Gasteiger partial charge in [-0.25, -0.2) is 9.78 Å². The number of carboxylic acid groups (broad SMARTS) is 1. The van der Waals surface area contributed by atoms with E-state index in [0.717, 1.165) is 26.8 Å². The van der Waals surface area contributed by atoms with Gasteiger partial charge in [0.2, 0.25) is 5.89 Å². The van der Waals surface area contributed by atoms with Gasteiger partial charge in [-0.2, -0.15) is 0 Å². The van der Waals surface area contributed by atoms with Gasteiger partial charge in [-0.3, -0.25) is 9.69 Å². The second kappa shape index (κ2) is 12.3. The van der Waals surface area contributed by atoms with Gasteiger partial charge in [0.25, 0.3) is 0 Å². The number of nitrogens with zero attached hydrogens (tertiary/aromatic N) is 2. The Morgan fingerprint density at radius 1 is 0.974 bits per heavy atom. The molecule has 0 aliphatic carbocycles. The number of amides is 1. The second-order valence-corrected chi connectivity index (χ2v) is 9.76. The van der Waals surface area contributed by atoms with Gasteiger partial charge in [0, 0.05) is 17.8 Å². The van der Waals surface area contributed by atoms with Gasteiger partial charge in [0.1, 0.15) is 29.6 Å². The van der Waals surface area contributed by atoms with Crippen LogP contribution in [0.25, 0.3) is 10.8 Å². The van der Waals surface area contributed by atoms with Crippen molar-refractivity contribution in [2.24, 2.45) is 0 Å². The van der Waals surface area contributed by atoms with Gasteiger partial charge >= 0.3 is 12.1 Å². The van der Waals surface area contributed by atoms with E-state index in [4.69, 9.17) is 18.6 Å². The van der Waals surface area contributed by atoms with Gasteiger partial charge in [0.15, 0.2) is 0 Å². The molecule has 9 nitrogen and oxygen atoms in total. The summed E-state index contributed by atoms with van der Waals surface area (Å²) in [6.45, 7) is 3.91. The van der Waals surface area contributed by atoms with E-state index >= 15 is 0 Å². The molecule has 2 aromatic heterocycles. The van der Waals surface area contributed by atoms with Crippen LogP contribution in [0.1, 0.15) is 21.9 Å². The van der Waals surface area contributed by atoms with Gasteiger partial charge in [0.05, 0.1) is 24.3 Å². The number of hydrogen-bond donors (Lipinski definition) is 1. The van der Waals surface area contributed by atoms with Crippen LogP contribution in [0.2, 0.25) is 0 Å². The van der Waals surface area contributed by atoms with E-state index in [2.05, 4.69) is 4.98 Å². The number of thiophene rings is 1. The quantitative estimate of drug-likeness (QED) is 0.258. The molecule has 0 aliphatic heterocycles. The Morgan fingerprint density at radius 2 is 1.66 bits per heavy atom. The largest absolute Gasteiger partial charge is 0.497 e. The Kier molecular flexibility index (Phi) is 8.65.